The van der Waals surface area contributed by atoms with Gasteiger partial charge in [-0.2, -0.15) is 0 Å². The van der Waals surface area contributed by atoms with Crippen molar-refractivity contribution in [2.45, 2.75) is 81.4 Å². The van der Waals surface area contributed by atoms with E-state index in [4.69, 9.17) is 0 Å². The summed E-state index contributed by atoms with van der Waals surface area (Å²) >= 11 is 1.53. The lowest BCUT2D eigenvalue weighted by molar-refractivity contribution is -0.119. The fraction of sp³-hybridized carbons (Fsp3) is 0.591. The number of hydrogen-bond acceptors (Lipinski definition) is 4. The van der Waals surface area contributed by atoms with Crippen LogP contribution in [0, 0.1) is 0 Å². The van der Waals surface area contributed by atoms with Crippen molar-refractivity contribution in [3.63, 3.8) is 0 Å². The van der Waals surface area contributed by atoms with Gasteiger partial charge in [0.2, 0.25) is 5.91 Å². The van der Waals surface area contributed by atoms with E-state index >= 15 is 0 Å². The molecule has 5 rings (SSSR count). The minimum Gasteiger partial charge on any atom is -0.349 e. The van der Waals surface area contributed by atoms with Crippen LogP contribution in [0.15, 0.2) is 23.4 Å². The first-order chi connectivity index (χ1) is 13.7. The van der Waals surface area contributed by atoms with Crippen LogP contribution in [0.1, 0.15) is 86.0 Å². The normalized spacial score (nSPS) is 19.9. The topological polar surface area (TPSA) is 59.8 Å². The number of carbonyl (C=O) groups excluding carboxylic acids is 1. The molecule has 2 aromatic rings. The van der Waals surface area contributed by atoms with Crippen molar-refractivity contribution in [2.75, 3.05) is 5.75 Å². The van der Waals surface area contributed by atoms with Crippen LogP contribution in [0.4, 0.5) is 0 Å². The van der Waals surface area contributed by atoms with Crippen molar-refractivity contribution in [2.24, 2.45) is 0 Å². The number of amides is 1. The zero-order valence-electron chi connectivity index (χ0n) is 16.5. The number of thioether (sulfide) groups is 1. The van der Waals surface area contributed by atoms with E-state index in [1.807, 2.05) is 0 Å². The number of nitrogens with one attached hydrogen (secondary N) is 1. The van der Waals surface area contributed by atoms with Gasteiger partial charge in [-0.3, -0.25) is 4.79 Å². The Kier molecular flexibility index (Phi) is 4.91. The van der Waals surface area contributed by atoms with Crippen LogP contribution in [0.25, 0.3) is 0 Å². The van der Waals surface area contributed by atoms with Crippen LogP contribution in [0.3, 0.4) is 0 Å². The molecule has 3 aliphatic carbocycles. The predicted octanol–water partition coefficient (Wildman–Crippen LogP) is 4.34. The summed E-state index contributed by atoms with van der Waals surface area (Å²) in [5, 5.41) is 12.9. The monoisotopic (exact) mass is 396 g/mol. The summed E-state index contributed by atoms with van der Waals surface area (Å²) in [5.74, 6) is 2.20. The van der Waals surface area contributed by atoms with E-state index in [1.54, 1.807) is 0 Å². The Bertz CT molecular complexity index is 885. The molecule has 6 heteroatoms. The number of aryl methyl sites for hydroxylation is 2. The van der Waals surface area contributed by atoms with E-state index in [0.29, 0.717) is 17.7 Å². The van der Waals surface area contributed by atoms with Gasteiger partial charge in [-0.1, -0.05) is 30.0 Å². The second kappa shape index (κ2) is 7.54. The maximum Gasteiger partial charge on any atom is 0.230 e. The molecule has 1 aromatic heterocycles. The molecule has 0 radical (unpaired) electrons. The minimum absolute atomic E-state index is 0.0312. The zero-order chi connectivity index (χ0) is 19.1. The van der Waals surface area contributed by atoms with Crippen LogP contribution < -0.4 is 5.32 Å². The highest BCUT2D eigenvalue weighted by Crippen LogP contribution is 2.46. The molecule has 3 aliphatic rings. The number of carbonyl (C=O) groups is 1. The number of aromatic nitrogens is 3. The third-order valence-electron chi connectivity index (χ3n) is 6.13. The molecule has 1 heterocycles. The van der Waals surface area contributed by atoms with Crippen LogP contribution in [-0.4, -0.2) is 26.4 Å². The highest BCUT2D eigenvalue weighted by molar-refractivity contribution is 7.99. The molecule has 1 N–H and O–H groups in total. The van der Waals surface area contributed by atoms with Crippen molar-refractivity contribution in [3.05, 3.63) is 40.7 Å². The third kappa shape index (κ3) is 3.84. The summed E-state index contributed by atoms with van der Waals surface area (Å²) in [6.07, 6.45) is 9.82. The quantitative estimate of drug-likeness (QED) is 0.707. The van der Waals surface area contributed by atoms with Gasteiger partial charge in [0.05, 0.1) is 11.8 Å². The first kappa shape index (κ1) is 18.2. The van der Waals surface area contributed by atoms with E-state index < -0.39 is 0 Å². The average Bonchev–Trinajstić information content (AvgIpc) is 3.64. The maximum atomic E-state index is 12.5. The molecule has 0 bridgehead atoms. The van der Waals surface area contributed by atoms with Gasteiger partial charge in [-0.15, -0.1) is 10.2 Å². The standard InChI is InChI=1S/C22H28N4OS/c1-14(17-9-6-15-4-2-3-5-18(15)12-17)23-20(27)13-28-22-25-24-21(16-7-8-16)26(22)19-10-11-19/h6,9,12,14,16,19H,2-5,7-8,10-11,13H2,1H3,(H,23,27)/t14-/m1/s1. The van der Waals surface area contributed by atoms with E-state index in [9.17, 15) is 4.79 Å². The molecule has 28 heavy (non-hydrogen) atoms. The Labute approximate surface area is 170 Å². The first-order valence-corrected chi connectivity index (χ1v) is 11.7. The highest BCUT2D eigenvalue weighted by atomic mass is 32.2. The second-order valence-electron chi connectivity index (χ2n) is 8.53. The fourth-order valence-corrected chi connectivity index (χ4v) is 5.03. The highest BCUT2D eigenvalue weighted by Gasteiger charge is 2.36. The SMILES string of the molecule is C[C@@H](NC(=O)CSc1nnc(C2CC2)n1C1CC1)c1ccc2c(c1)CCCC2. The molecular formula is C22H28N4OS. The van der Waals surface area contributed by atoms with Gasteiger partial charge in [-0.25, -0.2) is 0 Å². The van der Waals surface area contributed by atoms with Crippen molar-refractivity contribution in [3.8, 4) is 0 Å². The molecule has 1 amide bonds. The molecule has 148 valence electrons. The zero-order valence-corrected chi connectivity index (χ0v) is 17.3. The molecule has 0 saturated heterocycles. The molecule has 1 aromatic carbocycles. The van der Waals surface area contributed by atoms with E-state index in [2.05, 4.69) is 45.2 Å². The van der Waals surface area contributed by atoms with Gasteiger partial charge in [0.1, 0.15) is 5.82 Å². The summed E-state index contributed by atoms with van der Waals surface area (Å²) in [5.41, 5.74) is 4.15. The second-order valence-corrected chi connectivity index (χ2v) is 9.47. The first-order valence-electron chi connectivity index (χ1n) is 10.7. The summed E-state index contributed by atoms with van der Waals surface area (Å²) in [6.45, 7) is 2.07. The lowest BCUT2D eigenvalue weighted by Gasteiger charge is -2.20. The Morgan fingerprint density at radius 2 is 1.96 bits per heavy atom. The van der Waals surface area contributed by atoms with Crippen LogP contribution in [0.5, 0.6) is 0 Å². The smallest absolute Gasteiger partial charge is 0.230 e. The summed E-state index contributed by atoms with van der Waals surface area (Å²) in [4.78, 5) is 12.5. The van der Waals surface area contributed by atoms with Crippen molar-refractivity contribution in [1.82, 2.24) is 20.1 Å². The van der Waals surface area contributed by atoms with E-state index in [-0.39, 0.29) is 11.9 Å². The average molecular weight is 397 g/mol. The number of nitrogens with zero attached hydrogens (tertiary/aromatic N) is 3. The van der Waals surface area contributed by atoms with Crippen molar-refractivity contribution >= 4 is 17.7 Å². The Balaban J connectivity index is 1.20. The van der Waals surface area contributed by atoms with Crippen molar-refractivity contribution in [1.29, 1.82) is 0 Å². The molecule has 5 nitrogen and oxygen atoms in total. The Hall–Kier alpha value is -1.82. The molecule has 2 saturated carbocycles. The molecule has 0 spiro atoms. The lowest BCUT2D eigenvalue weighted by atomic mass is 9.89. The molecular weight excluding hydrogens is 368 g/mol. The number of fused-ring (bicyclic) bond motifs is 1. The predicted molar refractivity (Wildman–Crippen MR) is 111 cm³/mol. The van der Waals surface area contributed by atoms with Gasteiger partial charge < -0.3 is 9.88 Å². The maximum absolute atomic E-state index is 12.5. The lowest BCUT2D eigenvalue weighted by Crippen LogP contribution is -2.28. The van der Waals surface area contributed by atoms with Gasteiger partial charge in [0, 0.05) is 12.0 Å². The Morgan fingerprint density at radius 3 is 2.71 bits per heavy atom. The van der Waals surface area contributed by atoms with Gasteiger partial charge >= 0.3 is 0 Å². The molecule has 2 fully saturated rings. The Morgan fingerprint density at radius 1 is 1.18 bits per heavy atom. The van der Waals surface area contributed by atoms with Crippen LogP contribution in [0.2, 0.25) is 0 Å². The number of hydrogen-bond donors (Lipinski definition) is 1. The van der Waals surface area contributed by atoms with Crippen molar-refractivity contribution < 1.29 is 4.79 Å². The van der Waals surface area contributed by atoms with Gasteiger partial charge in [-0.05, 0) is 75.0 Å². The van der Waals surface area contributed by atoms with E-state index in [0.717, 1.165) is 11.0 Å². The minimum atomic E-state index is 0.0312. The molecule has 0 unspecified atom stereocenters. The summed E-state index contributed by atoms with van der Waals surface area (Å²) in [7, 11) is 0. The summed E-state index contributed by atoms with van der Waals surface area (Å²) < 4.78 is 2.31. The summed E-state index contributed by atoms with van der Waals surface area (Å²) in [6, 6.07) is 7.31. The fourth-order valence-electron chi connectivity index (χ4n) is 4.20. The largest absolute Gasteiger partial charge is 0.349 e. The number of rotatable bonds is 7. The molecule has 0 aliphatic heterocycles. The van der Waals surface area contributed by atoms with Gasteiger partial charge in [0.25, 0.3) is 0 Å². The molecule has 1 atom stereocenters. The third-order valence-corrected chi connectivity index (χ3v) is 7.07. The van der Waals surface area contributed by atoms with Gasteiger partial charge in [0.15, 0.2) is 5.16 Å². The number of benzene rings is 1. The van der Waals surface area contributed by atoms with Crippen LogP contribution >= 0.6 is 11.8 Å². The van der Waals surface area contributed by atoms with E-state index in [1.165, 1.54) is 79.8 Å². The van der Waals surface area contributed by atoms with Crippen LogP contribution in [-0.2, 0) is 17.6 Å².